The summed E-state index contributed by atoms with van der Waals surface area (Å²) in [6.45, 7) is 0. The lowest BCUT2D eigenvalue weighted by Crippen LogP contribution is -2.07. The zero-order chi connectivity index (χ0) is 14.2. The highest BCUT2D eigenvalue weighted by atomic mass is 35.5. The highest BCUT2D eigenvalue weighted by molar-refractivity contribution is 6.30. The average Bonchev–Trinajstić information content (AvgIpc) is 2.90. The molecule has 0 saturated carbocycles. The van der Waals surface area contributed by atoms with E-state index >= 15 is 0 Å². The van der Waals surface area contributed by atoms with E-state index in [1.54, 1.807) is 0 Å². The number of nitrogens with zero attached hydrogens (tertiary/aromatic N) is 1. The standard InChI is InChI=1S/C18H15ClN2/c19-14-5-6-15-13(10-14)4-7-18(15)21-17-3-1-2-12-8-9-20-11-16(12)17/h1-3,5-6,8-11,18,21H,4,7H2. The zero-order valence-electron chi connectivity index (χ0n) is 11.5. The second-order valence-corrected chi connectivity index (χ2v) is 5.92. The van der Waals surface area contributed by atoms with Crippen LogP contribution in [-0.4, -0.2) is 4.98 Å². The van der Waals surface area contributed by atoms with Crippen molar-refractivity contribution in [2.45, 2.75) is 18.9 Å². The second kappa shape index (κ2) is 5.05. The Balaban J connectivity index is 1.71. The number of fused-ring (bicyclic) bond motifs is 2. The van der Waals surface area contributed by atoms with Gasteiger partial charge in [0.1, 0.15) is 0 Å². The fraction of sp³-hybridized carbons (Fsp3) is 0.167. The lowest BCUT2D eigenvalue weighted by atomic mass is 10.1. The van der Waals surface area contributed by atoms with Crippen LogP contribution >= 0.6 is 11.6 Å². The summed E-state index contributed by atoms with van der Waals surface area (Å²) >= 11 is 6.08. The number of aromatic nitrogens is 1. The Morgan fingerprint density at radius 3 is 3.05 bits per heavy atom. The molecule has 4 rings (SSSR count). The van der Waals surface area contributed by atoms with E-state index in [-0.39, 0.29) is 0 Å². The van der Waals surface area contributed by atoms with E-state index in [2.05, 4.69) is 40.6 Å². The van der Waals surface area contributed by atoms with E-state index in [1.165, 1.54) is 21.9 Å². The minimum Gasteiger partial charge on any atom is -0.378 e. The molecular formula is C18H15ClN2. The van der Waals surface area contributed by atoms with Gasteiger partial charge in [-0.2, -0.15) is 0 Å². The van der Waals surface area contributed by atoms with Crippen LogP contribution in [0.5, 0.6) is 0 Å². The maximum atomic E-state index is 6.08. The number of halogens is 1. The highest BCUT2D eigenvalue weighted by Crippen LogP contribution is 2.36. The molecule has 3 aromatic rings. The Morgan fingerprint density at radius 1 is 1.14 bits per heavy atom. The van der Waals surface area contributed by atoms with Crippen LogP contribution in [0.1, 0.15) is 23.6 Å². The van der Waals surface area contributed by atoms with Gasteiger partial charge in [0.25, 0.3) is 0 Å². The van der Waals surface area contributed by atoms with Crippen LogP contribution in [0.2, 0.25) is 5.02 Å². The Hall–Kier alpha value is -2.06. The number of aryl methyl sites for hydroxylation is 1. The molecule has 3 heteroatoms. The summed E-state index contributed by atoms with van der Waals surface area (Å²) in [6.07, 6.45) is 5.94. The summed E-state index contributed by atoms with van der Waals surface area (Å²) in [4.78, 5) is 4.25. The second-order valence-electron chi connectivity index (χ2n) is 5.48. The van der Waals surface area contributed by atoms with Crippen LogP contribution in [0.3, 0.4) is 0 Å². The van der Waals surface area contributed by atoms with Crippen LogP contribution in [0, 0.1) is 0 Å². The first-order valence-electron chi connectivity index (χ1n) is 7.19. The lowest BCUT2D eigenvalue weighted by Gasteiger charge is -2.17. The summed E-state index contributed by atoms with van der Waals surface area (Å²) in [5, 5.41) is 6.88. The van der Waals surface area contributed by atoms with Crippen molar-refractivity contribution in [2.24, 2.45) is 0 Å². The van der Waals surface area contributed by atoms with Crippen LogP contribution in [0.15, 0.2) is 54.9 Å². The van der Waals surface area contributed by atoms with Gasteiger partial charge in [-0.25, -0.2) is 0 Å². The third-order valence-corrected chi connectivity index (χ3v) is 4.43. The number of benzene rings is 2. The molecule has 1 heterocycles. The Kier molecular flexibility index (Phi) is 3.04. The van der Waals surface area contributed by atoms with Crippen molar-refractivity contribution in [3.8, 4) is 0 Å². The molecule has 1 aliphatic carbocycles. The Labute approximate surface area is 128 Å². The number of nitrogens with one attached hydrogen (secondary N) is 1. The van der Waals surface area contributed by atoms with Gasteiger partial charge in [0.05, 0.1) is 6.04 Å². The third kappa shape index (κ3) is 2.26. The lowest BCUT2D eigenvalue weighted by molar-refractivity contribution is 0.763. The molecule has 104 valence electrons. The van der Waals surface area contributed by atoms with Gasteiger partial charge >= 0.3 is 0 Å². The SMILES string of the molecule is Clc1ccc2c(c1)CCC2Nc1cccc2ccncc12. The minimum atomic E-state index is 0.350. The molecule has 1 aromatic heterocycles. The molecule has 1 atom stereocenters. The van der Waals surface area contributed by atoms with Crippen molar-refractivity contribution in [3.05, 3.63) is 71.0 Å². The maximum absolute atomic E-state index is 6.08. The normalized spacial score (nSPS) is 16.9. The fourth-order valence-electron chi connectivity index (χ4n) is 3.16. The number of pyridine rings is 1. The maximum Gasteiger partial charge on any atom is 0.0519 e. The molecular weight excluding hydrogens is 280 g/mol. The minimum absolute atomic E-state index is 0.350. The fourth-order valence-corrected chi connectivity index (χ4v) is 3.36. The molecule has 0 amide bonds. The largest absolute Gasteiger partial charge is 0.378 e. The smallest absolute Gasteiger partial charge is 0.0519 e. The van der Waals surface area contributed by atoms with Crippen molar-refractivity contribution >= 4 is 28.1 Å². The molecule has 0 fully saturated rings. The van der Waals surface area contributed by atoms with Crippen LogP contribution in [0.4, 0.5) is 5.69 Å². The first-order chi connectivity index (χ1) is 10.3. The third-order valence-electron chi connectivity index (χ3n) is 4.20. The highest BCUT2D eigenvalue weighted by Gasteiger charge is 2.22. The van der Waals surface area contributed by atoms with Gasteiger partial charge in [-0.3, -0.25) is 4.98 Å². The Morgan fingerprint density at radius 2 is 2.10 bits per heavy atom. The number of rotatable bonds is 2. The van der Waals surface area contributed by atoms with Crippen molar-refractivity contribution in [3.63, 3.8) is 0 Å². The molecule has 1 N–H and O–H groups in total. The van der Waals surface area contributed by atoms with Crippen molar-refractivity contribution < 1.29 is 0 Å². The number of hydrogen-bond acceptors (Lipinski definition) is 2. The first-order valence-corrected chi connectivity index (χ1v) is 7.57. The van der Waals surface area contributed by atoms with Gasteiger partial charge in [0, 0.05) is 28.5 Å². The van der Waals surface area contributed by atoms with E-state index in [0.717, 1.165) is 23.6 Å². The molecule has 21 heavy (non-hydrogen) atoms. The van der Waals surface area contributed by atoms with Crippen LogP contribution in [0.25, 0.3) is 10.8 Å². The average molecular weight is 295 g/mol. The molecule has 1 aliphatic rings. The van der Waals surface area contributed by atoms with E-state index in [1.807, 2.05) is 24.5 Å². The Bertz CT molecular complexity index is 808. The van der Waals surface area contributed by atoms with Gasteiger partial charge in [-0.15, -0.1) is 0 Å². The van der Waals surface area contributed by atoms with E-state index < -0.39 is 0 Å². The molecule has 2 aromatic carbocycles. The predicted molar refractivity (Wildman–Crippen MR) is 87.9 cm³/mol. The number of hydrogen-bond donors (Lipinski definition) is 1. The van der Waals surface area contributed by atoms with Gasteiger partial charge in [0.15, 0.2) is 0 Å². The topological polar surface area (TPSA) is 24.9 Å². The van der Waals surface area contributed by atoms with Crippen LogP contribution in [-0.2, 0) is 6.42 Å². The summed E-state index contributed by atoms with van der Waals surface area (Å²) in [6, 6.07) is 14.9. The summed E-state index contributed by atoms with van der Waals surface area (Å²) in [7, 11) is 0. The monoisotopic (exact) mass is 294 g/mol. The quantitative estimate of drug-likeness (QED) is 0.720. The van der Waals surface area contributed by atoms with Crippen molar-refractivity contribution in [1.29, 1.82) is 0 Å². The first kappa shape index (κ1) is 12.7. The van der Waals surface area contributed by atoms with Crippen LogP contribution < -0.4 is 5.32 Å². The van der Waals surface area contributed by atoms with E-state index in [4.69, 9.17) is 11.6 Å². The van der Waals surface area contributed by atoms with Gasteiger partial charge < -0.3 is 5.32 Å². The molecule has 0 bridgehead atoms. The molecule has 0 aliphatic heterocycles. The van der Waals surface area contributed by atoms with Crippen molar-refractivity contribution in [2.75, 3.05) is 5.32 Å². The van der Waals surface area contributed by atoms with Gasteiger partial charge in [-0.05, 0) is 53.6 Å². The summed E-state index contributed by atoms with van der Waals surface area (Å²) in [5.74, 6) is 0. The summed E-state index contributed by atoms with van der Waals surface area (Å²) in [5.41, 5.74) is 3.87. The zero-order valence-corrected chi connectivity index (χ0v) is 12.3. The molecule has 1 unspecified atom stereocenters. The van der Waals surface area contributed by atoms with E-state index in [0.29, 0.717) is 6.04 Å². The molecule has 0 radical (unpaired) electrons. The van der Waals surface area contributed by atoms with Gasteiger partial charge in [-0.1, -0.05) is 29.8 Å². The van der Waals surface area contributed by atoms with Crippen molar-refractivity contribution in [1.82, 2.24) is 4.98 Å². The molecule has 0 spiro atoms. The predicted octanol–water partition coefficient (Wildman–Crippen LogP) is 4.99. The molecule has 2 nitrogen and oxygen atoms in total. The number of anilines is 1. The molecule has 0 saturated heterocycles. The van der Waals surface area contributed by atoms with E-state index in [9.17, 15) is 0 Å². The summed E-state index contributed by atoms with van der Waals surface area (Å²) < 4.78 is 0. The van der Waals surface area contributed by atoms with Gasteiger partial charge in [0.2, 0.25) is 0 Å².